The van der Waals surface area contributed by atoms with Crippen LogP contribution in [0.15, 0.2) is 48.5 Å². The Kier molecular flexibility index (Phi) is 6.42. The van der Waals surface area contributed by atoms with Crippen molar-refractivity contribution >= 4 is 35.6 Å². The summed E-state index contributed by atoms with van der Waals surface area (Å²) in [6.07, 6.45) is 2.93. The highest BCUT2D eigenvalue weighted by Crippen LogP contribution is 2.22. The number of hydrogen-bond acceptors (Lipinski definition) is 3. The van der Waals surface area contributed by atoms with E-state index in [4.69, 9.17) is 5.73 Å². The number of carbonyl (C=O) groups is 2. The lowest BCUT2D eigenvalue weighted by molar-refractivity contribution is -0.116. The number of amides is 2. The van der Waals surface area contributed by atoms with Crippen LogP contribution in [0.1, 0.15) is 35.2 Å². The molecule has 0 aromatic heterocycles. The van der Waals surface area contributed by atoms with Crippen molar-refractivity contribution in [2.75, 3.05) is 11.1 Å². The number of carbonyl (C=O) groups excluding carboxylic acids is 2. The van der Waals surface area contributed by atoms with Gasteiger partial charge in [0.15, 0.2) is 0 Å². The van der Waals surface area contributed by atoms with Crippen LogP contribution in [0, 0.1) is 0 Å². The first kappa shape index (κ1) is 18.8. The highest BCUT2D eigenvalue weighted by Gasteiger charge is 2.24. The van der Waals surface area contributed by atoms with Crippen LogP contribution < -0.4 is 16.4 Å². The van der Waals surface area contributed by atoms with Gasteiger partial charge in [-0.2, -0.15) is 0 Å². The van der Waals surface area contributed by atoms with Crippen LogP contribution in [0.4, 0.5) is 11.4 Å². The van der Waals surface area contributed by atoms with Gasteiger partial charge in [-0.05, 0) is 43.0 Å². The molecular weight excluding hydrogens is 338 g/mol. The topological polar surface area (TPSA) is 84.2 Å². The minimum atomic E-state index is -0.138. The quantitative estimate of drug-likeness (QED) is 0.693. The molecule has 1 aliphatic rings. The van der Waals surface area contributed by atoms with Crippen molar-refractivity contribution in [1.29, 1.82) is 0 Å². The summed E-state index contributed by atoms with van der Waals surface area (Å²) in [5.74, 6) is -0.273. The molecule has 3 rings (SSSR count). The number of rotatable bonds is 6. The molecule has 2 amide bonds. The summed E-state index contributed by atoms with van der Waals surface area (Å²) in [5, 5.41) is 5.78. The number of nitrogens with two attached hydrogens (primary N) is 1. The average molecular weight is 360 g/mol. The highest BCUT2D eigenvalue weighted by molar-refractivity contribution is 6.04. The molecule has 0 aliphatic heterocycles. The van der Waals surface area contributed by atoms with E-state index >= 15 is 0 Å². The summed E-state index contributed by atoms with van der Waals surface area (Å²) < 4.78 is 0. The highest BCUT2D eigenvalue weighted by atomic mass is 35.5. The van der Waals surface area contributed by atoms with Crippen LogP contribution >= 0.6 is 12.4 Å². The van der Waals surface area contributed by atoms with Crippen molar-refractivity contribution in [3.05, 3.63) is 59.7 Å². The summed E-state index contributed by atoms with van der Waals surface area (Å²) in [7, 11) is 0. The summed E-state index contributed by atoms with van der Waals surface area (Å²) in [6.45, 7) is 0. The zero-order chi connectivity index (χ0) is 16.9. The molecule has 0 heterocycles. The minimum Gasteiger partial charge on any atom is -0.399 e. The monoisotopic (exact) mass is 359 g/mol. The van der Waals surface area contributed by atoms with E-state index < -0.39 is 0 Å². The van der Waals surface area contributed by atoms with E-state index in [-0.39, 0.29) is 30.3 Å². The van der Waals surface area contributed by atoms with Gasteiger partial charge >= 0.3 is 0 Å². The molecule has 0 atom stereocenters. The third-order valence-electron chi connectivity index (χ3n) is 4.03. The fraction of sp³-hybridized carbons (Fsp3) is 0.263. The first-order chi connectivity index (χ1) is 11.6. The molecule has 1 fully saturated rings. The van der Waals surface area contributed by atoms with Crippen molar-refractivity contribution in [3.8, 4) is 0 Å². The van der Waals surface area contributed by atoms with Crippen molar-refractivity contribution in [2.24, 2.45) is 0 Å². The van der Waals surface area contributed by atoms with Crippen molar-refractivity contribution in [2.45, 2.75) is 31.7 Å². The normalized spacial score (nSPS) is 12.8. The van der Waals surface area contributed by atoms with Gasteiger partial charge in [-0.25, -0.2) is 0 Å². The van der Waals surface area contributed by atoms with Gasteiger partial charge in [0.2, 0.25) is 5.91 Å². The maximum Gasteiger partial charge on any atom is 0.253 e. The maximum atomic E-state index is 12.2. The SMILES string of the molecule is Cl.Nc1ccccc1CCC(=O)Nc1ccccc1C(=O)NC1CC1. The van der Waals surface area contributed by atoms with Crippen molar-refractivity contribution in [3.63, 3.8) is 0 Å². The number of nitrogen functional groups attached to an aromatic ring is 1. The summed E-state index contributed by atoms with van der Waals surface area (Å²) >= 11 is 0. The molecule has 0 saturated heterocycles. The molecule has 4 N–H and O–H groups in total. The Morgan fingerprint density at radius 1 is 1.04 bits per heavy atom. The molecule has 5 nitrogen and oxygen atoms in total. The van der Waals surface area contributed by atoms with Crippen LogP contribution in [0.2, 0.25) is 0 Å². The van der Waals surface area contributed by atoms with Gasteiger partial charge in [0, 0.05) is 18.2 Å². The number of nitrogens with one attached hydrogen (secondary N) is 2. The third-order valence-corrected chi connectivity index (χ3v) is 4.03. The fourth-order valence-corrected chi connectivity index (χ4v) is 2.50. The number of aryl methyl sites for hydroxylation is 1. The average Bonchev–Trinajstić information content (AvgIpc) is 3.38. The van der Waals surface area contributed by atoms with Crippen molar-refractivity contribution in [1.82, 2.24) is 5.32 Å². The lowest BCUT2D eigenvalue weighted by Gasteiger charge is -2.11. The van der Waals surface area contributed by atoms with Crippen LogP contribution in [0.25, 0.3) is 0 Å². The van der Waals surface area contributed by atoms with Gasteiger partial charge < -0.3 is 16.4 Å². The predicted molar refractivity (Wildman–Crippen MR) is 102 cm³/mol. The number of anilines is 2. The molecule has 0 radical (unpaired) electrons. The van der Waals surface area contributed by atoms with E-state index in [1.807, 2.05) is 24.3 Å². The fourth-order valence-electron chi connectivity index (χ4n) is 2.50. The molecular formula is C19H22ClN3O2. The Balaban J connectivity index is 0.00000225. The number of para-hydroxylation sites is 2. The summed E-state index contributed by atoms with van der Waals surface area (Å²) in [6, 6.07) is 14.9. The molecule has 0 bridgehead atoms. The van der Waals surface area contributed by atoms with E-state index in [0.717, 1.165) is 18.4 Å². The Labute approximate surface area is 153 Å². The smallest absolute Gasteiger partial charge is 0.253 e. The zero-order valence-electron chi connectivity index (χ0n) is 13.8. The zero-order valence-corrected chi connectivity index (χ0v) is 14.6. The molecule has 25 heavy (non-hydrogen) atoms. The first-order valence-electron chi connectivity index (χ1n) is 8.16. The molecule has 2 aromatic carbocycles. The standard InChI is InChI=1S/C19H21N3O2.ClH/c20-16-7-3-1-5-13(16)9-12-18(23)22-17-8-4-2-6-15(17)19(24)21-14-10-11-14;/h1-8,14H,9-12,20H2,(H,21,24)(H,22,23);1H. The Bertz CT molecular complexity index is 760. The second-order valence-corrected chi connectivity index (χ2v) is 6.04. The Hall–Kier alpha value is -2.53. The van der Waals surface area contributed by atoms with Gasteiger partial charge in [0.25, 0.3) is 5.91 Å². The molecule has 1 aliphatic carbocycles. The van der Waals surface area contributed by atoms with Gasteiger partial charge in [-0.3, -0.25) is 9.59 Å². The van der Waals surface area contributed by atoms with Crippen LogP contribution in [-0.4, -0.2) is 17.9 Å². The molecule has 1 saturated carbocycles. The number of benzene rings is 2. The van der Waals surface area contributed by atoms with Crippen LogP contribution in [0.3, 0.4) is 0 Å². The van der Waals surface area contributed by atoms with E-state index in [0.29, 0.717) is 29.8 Å². The molecule has 2 aromatic rings. The van der Waals surface area contributed by atoms with Gasteiger partial charge in [-0.1, -0.05) is 30.3 Å². The summed E-state index contributed by atoms with van der Waals surface area (Å²) in [4.78, 5) is 24.5. The second-order valence-electron chi connectivity index (χ2n) is 6.04. The molecule has 132 valence electrons. The van der Waals surface area contributed by atoms with E-state index in [1.165, 1.54) is 0 Å². The number of halogens is 1. The second kappa shape index (κ2) is 8.53. The largest absolute Gasteiger partial charge is 0.399 e. The molecule has 0 spiro atoms. The molecule has 6 heteroatoms. The molecule has 0 unspecified atom stereocenters. The number of hydrogen-bond donors (Lipinski definition) is 3. The van der Waals surface area contributed by atoms with Crippen LogP contribution in [-0.2, 0) is 11.2 Å². The van der Waals surface area contributed by atoms with E-state index in [1.54, 1.807) is 24.3 Å². The summed E-state index contributed by atoms with van der Waals surface area (Å²) in [5.41, 5.74) is 8.57. The van der Waals surface area contributed by atoms with Gasteiger partial charge in [0.1, 0.15) is 0 Å². The van der Waals surface area contributed by atoms with E-state index in [9.17, 15) is 9.59 Å². The van der Waals surface area contributed by atoms with Gasteiger partial charge in [-0.15, -0.1) is 12.4 Å². The minimum absolute atomic E-state index is 0. The Morgan fingerprint density at radius 2 is 1.72 bits per heavy atom. The predicted octanol–water partition coefficient (Wildman–Crippen LogP) is 3.15. The first-order valence-corrected chi connectivity index (χ1v) is 8.16. The van der Waals surface area contributed by atoms with Gasteiger partial charge in [0.05, 0.1) is 11.3 Å². The third kappa shape index (κ3) is 5.22. The maximum absolute atomic E-state index is 12.2. The lowest BCUT2D eigenvalue weighted by atomic mass is 10.1. The van der Waals surface area contributed by atoms with E-state index in [2.05, 4.69) is 10.6 Å². The Morgan fingerprint density at radius 3 is 2.44 bits per heavy atom. The lowest BCUT2D eigenvalue weighted by Crippen LogP contribution is -2.27. The van der Waals surface area contributed by atoms with Crippen molar-refractivity contribution < 1.29 is 9.59 Å². The van der Waals surface area contributed by atoms with Crippen LogP contribution in [0.5, 0.6) is 0 Å².